The third kappa shape index (κ3) is 4.17. The van der Waals surface area contributed by atoms with E-state index in [0.29, 0.717) is 25.5 Å². The number of hydrogen-bond donors (Lipinski definition) is 2. The number of carboxylic acids is 1. The Balaban J connectivity index is 1.88. The maximum atomic E-state index is 12.0. The first-order valence-corrected chi connectivity index (χ1v) is 7.87. The molecule has 1 amide bonds. The second-order valence-electron chi connectivity index (χ2n) is 6.07. The van der Waals surface area contributed by atoms with E-state index in [4.69, 9.17) is 4.74 Å². The highest BCUT2D eigenvalue weighted by atomic mass is 16.5. The van der Waals surface area contributed by atoms with E-state index in [1.165, 1.54) is 6.42 Å². The molecule has 1 saturated heterocycles. The van der Waals surface area contributed by atoms with Gasteiger partial charge >= 0.3 is 5.97 Å². The Morgan fingerprint density at radius 1 is 1.33 bits per heavy atom. The minimum absolute atomic E-state index is 0.0800. The molecule has 3 unspecified atom stereocenters. The number of carboxylic acid groups (broad SMARTS) is 1. The molecule has 2 rings (SSSR count). The van der Waals surface area contributed by atoms with Gasteiger partial charge in [-0.05, 0) is 31.6 Å². The van der Waals surface area contributed by atoms with Gasteiger partial charge in [0, 0.05) is 26.3 Å². The summed E-state index contributed by atoms with van der Waals surface area (Å²) < 4.78 is 4.94. The van der Waals surface area contributed by atoms with Crippen LogP contribution in [0, 0.1) is 5.92 Å². The average Bonchev–Trinajstić information content (AvgIpc) is 2.83. The lowest BCUT2D eigenvalue weighted by atomic mass is 9.85. The van der Waals surface area contributed by atoms with Gasteiger partial charge in [-0.15, -0.1) is 0 Å². The van der Waals surface area contributed by atoms with Crippen LogP contribution >= 0.6 is 0 Å². The van der Waals surface area contributed by atoms with E-state index in [-0.39, 0.29) is 18.5 Å². The molecule has 1 aliphatic heterocycles. The first-order valence-electron chi connectivity index (χ1n) is 7.87. The van der Waals surface area contributed by atoms with Crippen molar-refractivity contribution < 1.29 is 19.4 Å². The Labute approximate surface area is 125 Å². The maximum absolute atomic E-state index is 12.0. The van der Waals surface area contributed by atoms with Crippen LogP contribution in [0.25, 0.3) is 0 Å². The van der Waals surface area contributed by atoms with Crippen molar-refractivity contribution in [3.63, 3.8) is 0 Å². The van der Waals surface area contributed by atoms with E-state index in [2.05, 4.69) is 5.32 Å². The van der Waals surface area contributed by atoms with E-state index in [1.807, 2.05) is 4.90 Å². The number of likely N-dealkylation sites (tertiary alicyclic amines) is 1. The van der Waals surface area contributed by atoms with Crippen LogP contribution in [0.3, 0.4) is 0 Å². The third-order valence-corrected chi connectivity index (χ3v) is 4.68. The maximum Gasteiger partial charge on any atom is 0.320 e. The molecular formula is C15H26N2O4. The van der Waals surface area contributed by atoms with Gasteiger partial charge < -0.3 is 15.2 Å². The zero-order valence-corrected chi connectivity index (χ0v) is 12.7. The van der Waals surface area contributed by atoms with Crippen LogP contribution in [-0.4, -0.2) is 60.8 Å². The molecule has 6 heteroatoms. The van der Waals surface area contributed by atoms with Gasteiger partial charge in [0.15, 0.2) is 0 Å². The number of amides is 1. The number of nitrogens with one attached hydrogen (secondary N) is 1. The molecule has 0 spiro atoms. The summed E-state index contributed by atoms with van der Waals surface area (Å²) in [4.78, 5) is 25.4. The number of fused-ring (bicyclic) bond motifs is 1. The summed E-state index contributed by atoms with van der Waals surface area (Å²) in [5, 5.41) is 12.2. The van der Waals surface area contributed by atoms with Crippen molar-refractivity contribution in [1.29, 1.82) is 0 Å². The van der Waals surface area contributed by atoms with Crippen LogP contribution in [-0.2, 0) is 14.3 Å². The lowest BCUT2D eigenvalue weighted by molar-refractivity contribution is -0.143. The smallest absolute Gasteiger partial charge is 0.320 e. The highest BCUT2D eigenvalue weighted by Gasteiger charge is 2.45. The minimum atomic E-state index is -0.795. The number of nitrogens with zero attached hydrogens (tertiary/aromatic N) is 1. The standard InChI is InChI=1S/C15H26N2O4/c1-21-8-4-7-16-14(18)10-17-12-6-3-2-5-11(12)9-13(17)15(19)20/h11-13H,2-10H2,1H3,(H,16,18)(H,19,20). The Bertz CT molecular complexity index is 375. The average molecular weight is 298 g/mol. The molecule has 0 aromatic heterocycles. The monoisotopic (exact) mass is 298 g/mol. The van der Waals surface area contributed by atoms with Gasteiger partial charge in [0.2, 0.25) is 5.91 Å². The fourth-order valence-corrected chi connectivity index (χ4v) is 3.69. The molecule has 1 saturated carbocycles. The van der Waals surface area contributed by atoms with E-state index >= 15 is 0 Å². The van der Waals surface area contributed by atoms with Crippen LogP contribution in [0.1, 0.15) is 38.5 Å². The molecule has 6 nitrogen and oxygen atoms in total. The van der Waals surface area contributed by atoms with Crippen LogP contribution in [0.5, 0.6) is 0 Å². The van der Waals surface area contributed by atoms with Crippen molar-refractivity contribution >= 4 is 11.9 Å². The topological polar surface area (TPSA) is 78.9 Å². The number of ether oxygens (including phenoxy) is 1. The number of carbonyl (C=O) groups excluding carboxylic acids is 1. The van der Waals surface area contributed by atoms with Crippen molar-refractivity contribution in [2.24, 2.45) is 5.92 Å². The Morgan fingerprint density at radius 2 is 2.10 bits per heavy atom. The highest BCUT2D eigenvalue weighted by molar-refractivity contribution is 5.80. The van der Waals surface area contributed by atoms with Crippen molar-refractivity contribution in [3.05, 3.63) is 0 Å². The second-order valence-corrected chi connectivity index (χ2v) is 6.07. The lowest BCUT2D eigenvalue weighted by Gasteiger charge is -2.32. The highest BCUT2D eigenvalue weighted by Crippen LogP contribution is 2.39. The molecule has 2 aliphatic rings. The fraction of sp³-hybridized carbons (Fsp3) is 0.867. The quantitative estimate of drug-likeness (QED) is 0.682. The zero-order chi connectivity index (χ0) is 15.2. The van der Waals surface area contributed by atoms with Gasteiger partial charge in [0.25, 0.3) is 0 Å². The number of rotatable bonds is 7. The van der Waals surface area contributed by atoms with Gasteiger partial charge in [-0.3, -0.25) is 14.5 Å². The van der Waals surface area contributed by atoms with Gasteiger partial charge in [-0.2, -0.15) is 0 Å². The number of hydrogen-bond acceptors (Lipinski definition) is 4. The van der Waals surface area contributed by atoms with E-state index < -0.39 is 12.0 Å². The summed E-state index contributed by atoms with van der Waals surface area (Å²) in [6.07, 6.45) is 5.91. The first kappa shape index (κ1) is 16.2. The lowest BCUT2D eigenvalue weighted by Crippen LogP contribution is -2.47. The molecule has 2 N–H and O–H groups in total. The zero-order valence-electron chi connectivity index (χ0n) is 12.7. The second kappa shape index (κ2) is 7.75. The molecule has 1 heterocycles. The van der Waals surface area contributed by atoms with Gasteiger partial charge in [0.1, 0.15) is 6.04 Å². The predicted molar refractivity (Wildman–Crippen MR) is 78.0 cm³/mol. The molecule has 0 aromatic carbocycles. The van der Waals surface area contributed by atoms with Crippen molar-refractivity contribution in [2.75, 3.05) is 26.8 Å². The van der Waals surface area contributed by atoms with Gasteiger partial charge in [-0.25, -0.2) is 0 Å². The SMILES string of the molecule is COCCCNC(=O)CN1C(C(=O)O)CC2CCCCC21. The van der Waals surface area contributed by atoms with E-state index in [1.54, 1.807) is 7.11 Å². The van der Waals surface area contributed by atoms with Crippen molar-refractivity contribution in [1.82, 2.24) is 10.2 Å². The number of carbonyl (C=O) groups is 2. The molecule has 1 aliphatic carbocycles. The molecular weight excluding hydrogens is 272 g/mol. The fourth-order valence-electron chi connectivity index (χ4n) is 3.69. The van der Waals surface area contributed by atoms with Gasteiger partial charge in [-0.1, -0.05) is 12.8 Å². The van der Waals surface area contributed by atoms with E-state index in [9.17, 15) is 14.7 Å². The summed E-state index contributed by atoms with van der Waals surface area (Å²) in [6, 6.07) is -0.229. The predicted octanol–water partition coefficient (Wildman–Crippen LogP) is 0.857. The van der Waals surface area contributed by atoms with E-state index in [0.717, 1.165) is 25.7 Å². The number of aliphatic carboxylic acids is 1. The molecule has 3 atom stereocenters. The molecule has 120 valence electrons. The van der Waals surface area contributed by atoms with Crippen LogP contribution in [0.2, 0.25) is 0 Å². The molecule has 21 heavy (non-hydrogen) atoms. The minimum Gasteiger partial charge on any atom is -0.480 e. The molecule has 0 aromatic rings. The summed E-state index contributed by atoms with van der Waals surface area (Å²) in [6.45, 7) is 1.39. The van der Waals surface area contributed by atoms with Crippen molar-refractivity contribution in [2.45, 2.75) is 50.6 Å². The Hall–Kier alpha value is -1.14. The first-order chi connectivity index (χ1) is 10.1. The molecule has 0 radical (unpaired) electrons. The molecule has 0 bridgehead atoms. The summed E-state index contributed by atoms with van der Waals surface area (Å²) >= 11 is 0. The normalized spacial score (nSPS) is 29.1. The Kier molecular flexibility index (Phi) is 5.99. The van der Waals surface area contributed by atoms with Crippen LogP contribution < -0.4 is 5.32 Å². The van der Waals surface area contributed by atoms with Gasteiger partial charge in [0.05, 0.1) is 6.54 Å². The van der Waals surface area contributed by atoms with Crippen LogP contribution in [0.4, 0.5) is 0 Å². The Morgan fingerprint density at radius 3 is 2.81 bits per heavy atom. The third-order valence-electron chi connectivity index (χ3n) is 4.68. The molecule has 2 fully saturated rings. The largest absolute Gasteiger partial charge is 0.480 e. The summed E-state index contributed by atoms with van der Waals surface area (Å²) in [7, 11) is 1.63. The number of methoxy groups -OCH3 is 1. The summed E-state index contributed by atoms with van der Waals surface area (Å²) in [5.41, 5.74) is 0. The van der Waals surface area contributed by atoms with Crippen LogP contribution in [0.15, 0.2) is 0 Å². The van der Waals surface area contributed by atoms with Crippen molar-refractivity contribution in [3.8, 4) is 0 Å². The summed E-state index contributed by atoms with van der Waals surface area (Å²) in [5.74, 6) is -0.429.